The summed E-state index contributed by atoms with van der Waals surface area (Å²) in [5.74, 6) is 0.119. The maximum atomic E-state index is 13.2. The third-order valence-electron chi connectivity index (χ3n) is 7.10. The van der Waals surface area contributed by atoms with Crippen molar-refractivity contribution in [3.05, 3.63) is 84.4 Å². The molecule has 0 unspecified atom stereocenters. The molecule has 2 amide bonds. The van der Waals surface area contributed by atoms with Crippen LogP contribution >= 0.6 is 0 Å². The van der Waals surface area contributed by atoms with Gasteiger partial charge in [0, 0.05) is 12.6 Å². The van der Waals surface area contributed by atoms with E-state index in [1.165, 1.54) is 29.2 Å². The minimum Gasteiger partial charge on any atom is -0.484 e. The van der Waals surface area contributed by atoms with Crippen molar-refractivity contribution in [2.75, 3.05) is 18.1 Å². The van der Waals surface area contributed by atoms with Crippen LogP contribution in [0.4, 0.5) is 5.69 Å². The van der Waals surface area contributed by atoms with Crippen LogP contribution in [0, 0.1) is 0 Å². The summed E-state index contributed by atoms with van der Waals surface area (Å²) >= 11 is 0. The second kappa shape index (κ2) is 12.5. The van der Waals surface area contributed by atoms with Gasteiger partial charge in [0.05, 0.1) is 17.1 Å². The van der Waals surface area contributed by atoms with E-state index in [-0.39, 0.29) is 35.9 Å². The highest BCUT2D eigenvalue weighted by atomic mass is 32.2. The number of para-hydroxylation sites is 2. The predicted molar refractivity (Wildman–Crippen MR) is 151 cm³/mol. The van der Waals surface area contributed by atoms with E-state index in [0.29, 0.717) is 23.7 Å². The van der Waals surface area contributed by atoms with E-state index < -0.39 is 16.1 Å². The normalized spacial score (nSPS) is 17.4. The van der Waals surface area contributed by atoms with Crippen molar-refractivity contribution in [2.24, 2.45) is 0 Å². The number of fused-ring (bicyclic) bond motifs is 1. The van der Waals surface area contributed by atoms with E-state index in [0.717, 1.165) is 37.7 Å². The van der Waals surface area contributed by atoms with Crippen molar-refractivity contribution >= 4 is 27.5 Å². The first-order valence-corrected chi connectivity index (χ1v) is 15.0. The second-order valence-corrected chi connectivity index (χ2v) is 11.7. The van der Waals surface area contributed by atoms with Crippen LogP contribution in [0.1, 0.15) is 37.7 Å². The topological polar surface area (TPSA) is 114 Å². The Morgan fingerprint density at radius 1 is 0.900 bits per heavy atom. The molecule has 1 heterocycles. The Morgan fingerprint density at radius 3 is 2.35 bits per heavy atom. The lowest BCUT2D eigenvalue weighted by Gasteiger charge is -2.34. The molecule has 1 aliphatic heterocycles. The second-order valence-electron chi connectivity index (χ2n) is 10.00. The largest absolute Gasteiger partial charge is 0.484 e. The summed E-state index contributed by atoms with van der Waals surface area (Å²) in [6.45, 7) is 0.0864. The lowest BCUT2D eigenvalue weighted by Crippen LogP contribution is -2.51. The average Bonchev–Trinajstić information content (AvgIpc) is 2.99. The SMILES string of the molecule is O=C(NCc1ccccc1)[C@@H]1CN(C(=O)COc2ccc(S(=O)(=O)NC3CCCCC3)cc2)c2ccccc2O1. The molecule has 1 aliphatic carbocycles. The lowest BCUT2D eigenvalue weighted by atomic mass is 9.96. The first kappa shape index (κ1) is 27.7. The first-order chi connectivity index (χ1) is 19.4. The van der Waals surface area contributed by atoms with Gasteiger partial charge in [0.25, 0.3) is 11.8 Å². The van der Waals surface area contributed by atoms with Crippen LogP contribution in [-0.2, 0) is 26.2 Å². The fourth-order valence-electron chi connectivity index (χ4n) is 4.95. The predicted octanol–water partition coefficient (Wildman–Crippen LogP) is 3.79. The van der Waals surface area contributed by atoms with Gasteiger partial charge < -0.3 is 19.7 Å². The highest BCUT2D eigenvalue weighted by Crippen LogP contribution is 2.33. The third-order valence-corrected chi connectivity index (χ3v) is 8.64. The van der Waals surface area contributed by atoms with E-state index in [1.54, 1.807) is 24.3 Å². The number of carbonyl (C=O) groups is 2. The Morgan fingerprint density at radius 2 is 1.60 bits per heavy atom. The molecule has 1 saturated carbocycles. The highest BCUT2D eigenvalue weighted by molar-refractivity contribution is 7.89. The van der Waals surface area contributed by atoms with Crippen molar-refractivity contribution in [1.82, 2.24) is 10.0 Å². The molecule has 3 aromatic carbocycles. The van der Waals surface area contributed by atoms with E-state index in [1.807, 2.05) is 30.3 Å². The Labute approximate surface area is 234 Å². The van der Waals surface area contributed by atoms with Gasteiger partial charge in [-0.15, -0.1) is 0 Å². The van der Waals surface area contributed by atoms with Crippen molar-refractivity contribution in [3.63, 3.8) is 0 Å². The van der Waals surface area contributed by atoms with E-state index >= 15 is 0 Å². The molecule has 210 valence electrons. The summed E-state index contributed by atoms with van der Waals surface area (Å²) in [6, 6.07) is 22.6. The van der Waals surface area contributed by atoms with E-state index in [4.69, 9.17) is 9.47 Å². The van der Waals surface area contributed by atoms with Crippen molar-refractivity contribution in [3.8, 4) is 11.5 Å². The number of sulfonamides is 1. The Hall–Kier alpha value is -3.89. The number of nitrogens with zero attached hydrogens (tertiary/aromatic N) is 1. The van der Waals surface area contributed by atoms with Gasteiger partial charge >= 0.3 is 0 Å². The molecule has 5 rings (SSSR count). The summed E-state index contributed by atoms with van der Waals surface area (Å²) in [7, 11) is -3.63. The lowest BCUT2D eigenvalue weighted by molar-refractivity contribution is -0.128. The van der Waals surface area contributed by atoms with Crippen LogP contribution in [0.3, 0.4) is 0 Å². The first-order valence-electron chi connectivity index (χ1n) is 13.5. The Balaban J connectivity index is 1.20. The fourth-order valence-corrected chi connectivity index (χ4v) is 6.26. The van der Waals surface area contributed by atoms with Gasteiger partial charge in [-0.3, -0.25) is 9.59 Å². The summed E-state index contributed by atoms with van der Waals surface area (Å²) in [4.78, 5) is 27.8. The van der Waals surface area contributed by atoms with Crippen LogP contribution in [0.2, 0.25) is 0 Å². The third kappa shape index (κ3) is 6.81. The van der Waals surface area contributed by atoms with Gasteiger partial charge in [-0.25, -0.2) is 13.1 Å². The van der Waals surface area contributed by atoms with Gasteiger partial charge in [0.1, 0.15) is 11.5 Å². The monoisotopic (exact) mass is 563 g/mol. The quantitative estimate of drug-likeness (QED) is 0.410. The van der Waals surface area contributed by atoms with Gasteiger partial charge in [0.15, 0.2) is 12.7 Å². The molecule has 9 nitrogen and oxygen atoms in total. The molecule has 3 aromatic rings. The standard InChI is InChI=1S/C30H33N3O6S/c34-29(21-38-24-15-17-25(18-16-24)40(36,37)32-23-11-5-2-6-12-23)33-20-28(39-27-14-8-7-13-26(27)33)30(35)31-19-22-9-3-1-4-10-22/h1,3-4,7-10,13-18,23,28,32H,2,5-6,11-12,19-21H2,(H,31,35)/t28-/m0/s1. The molecule has 0 radical (unpaired) electrons. The van der Waals surface area contributed by atoms with Gasteiger partial charge in [-0.1, -0.05) is 61.7 Å². The van der Waals surface area contributed by atoms with Crippen molar-refractivity contribution in [1.29, 1.82) is 0 Å². The number of benzene rings is 3. The van der Waals surface area contributed by atoms with Crippen LogP contribution in [0.25, 0.3) is 0 Å². The summed E-state index contributed by atoms with van der Waals surface area (Å²) in [6.07, 6.45) is 4.01. The van der Waals surface area contributed by atoms with Crippen LogP contribution in [0.5, 0.6) is 11.5 Å². The minimum absolute atomic E-state index is 0.0316. The molecule has 40 heavy (non-hydrogen) atoms. The Bertz CT molecular complexity index is 1420. The van der Waals surface area contributed by atoms with Gasteiger partial charge in [0.2, 0.25) is 10.0 Å². The zero-order valence-corrected chi connectivity index (χ0v) is 22.9. The molecule has 10 heteroatoms. The van der Waals surface area contributed by atoms with Gasteiger partial charge in [-0.2, -0.15) is 0 Å². The zero-order valence-electron chi connectivity index (χ0n) is 22.1. The number of amides is 2. The molecule has 0 bridgehead atoms. The molecule has 0 spiro atoms. The Kier molecular flexibility index (Phi) is 8.66. The van der Waals surface area contributed by atoms with E-state index in [9.17, 15) is 18.0 Å². The molecular formula is C30H33N3O6S. The fraction of sp³-hybridized carbons (Fsp3) is 0.333. The smallest absolute Gasteiger partial charge is 0.265 e. The number of ether oxygens (including phenoxy) is 2. The maximum Gasteiger partial charge on any atom is 0.265 e. The van der Waals surface area contributed by atoms with Crippen LogP contribution < -0.4 is 24.4 Å². The summed E-state index contributed by atoms with van der Waals surface area (Å²) in [5, 5.41) is 2.87. The molecule has 2 N–H and O–H groups in total. The number of rotatable bonds is 9. The van der Waals surface area contributed by atoms with Crippen LogP contribution in [0.15, 0.2) is 83.8 Å². The minimum atomic E-state index is -3.63. The summed E-state index contributed by atoms with van der Waals surface area (Å²) in [5.41, 5.74) is 1.51. The molecule has 1 atom stereocenters. The summed E-state index contributed by atoms with van der Waals surface area (Å²) < 4.78 is 39.9. The van der Waals surface area contributed by atoms with Crippen LogP contribution in [-0.4, -0.2) is 45.5 Å². The van der Waals surface area contributed by atoms with E-state index in [2.05, 4.69) is 10.0 Å². The number of anilines is 1. The molecule has 2 aliphatic rings. The highest BCUT2D eigenvalue weighted by Gasteiger charge is 2.34. The van der Waals surface area contributed by atoms with Crippen molar-refractivity contribution in [2.45, 2.75) is 55.7 Å². The molecular weight excluding hydrogens is 530 g/mol. The number of carbonyl (C=O) groups excluding carboxylic acids is 2. The number of hydrogen-bond acceptors (Lipinski definition) is 6. The average molecular weight is 564 g/mol. The zero-order chi connectivity index (χ0) is 28.0. The number of nitrogens with one attached hydrogen (secondary N) is 2. The molecule has 1 fully saturated rings. The molecule has 0 aromatic heterocycles. The number of hydrogen-bond donors (Lipinski definition) is 2. The van der Waals surface area contributed by atoms with Gasteiger partial charge in [-0.05, 0) is 54.8 Å². The molecule has 0 saturated heterocycles. The maximum absolute atomic E-state index is 13.2. The van der Waals surface area contributed by atoms with Crippen molar-refractivity contribution < 1.29 is 27.5 Å².